The lowest BCUT2D eigenvalue weighted by Gasteiger charge is -2.18. The van der Waals surface area contributed by atoms with Crippen LogP contribution in [-0.4, -0.2) is 33.7 Å². The zero-order valence-electron chi connectivity index (χ0n) is 18.4. The molecule has 1 unspecified atom stereocenters. The molecule has 1 atom stereocenters. The molecule has 0 bridgehead atoms. The molecule has 0 radical (unpaired) electrons. The van der Waals surface area contributed by atoms with Gasteiger partial charge in [-0.25, -0.2) is 4.79 Å². The van der Waals surface area contributed by atoms with Crippen molar-refractivity contribution in [3.8, 4) is 5.69 Å². The summed E-state index contributed by atoms with van der Waals surface area (Å²) in [5.41, 5.74) is 4.70. The number of Topliss-reactive ketones (excluding diaryl/α,β-unsaturated/α-hetero) is 1. The van der Waals surface area contributed by atoms with Crippen molar-refractivity contribution in [2.75, 3.05) is 6.54 Å². The number of hydrogen-bond donors (Lipinski definition) is 1. The van der Waals surface area contributed by atoms with Crippen LogP contribution < -0.4 is 5.32 Å². The number of nitrogens with zero attached hydrogens (tertiary/aromatic N) is 2. The van der Waals surface area contributed by atoms with Gasteiger partial charge in [-0.05, 0) is 81.5 Å². The smallest absolute Gasteiger partial charge is 0.325 e. The Morgan fingerprint density at radius 1 is 1.12 bits per heavy atom. The molecular formula is C25H25N3O4. The standard InChI is InChI=1S/C25H25N3O4/c1-15-12-20(16(2)28(15)19-10-9-17-6-4-7-18(17)13-19)21(29)14-27-23(30)25(3,26-24(27)31)22-8-5-11-32-22/h5,8-13H,4,6-7,14H2,1-3H3,(H,26,31). The number of aromatic nitrogens is 1. The normalized spacial score (nSPS) is 20.0. The van der Waals surface area contributed by atoms with E-state index in [0.29, 0.717) is 11.3 Å². The minimum Gasteiger partial charge on any atom is -0.466 e. The minimum atomic E-state index is -1.32. The van der Waals surface area contributed by atoms with Crippen LogP contribution in [0.15, 0.2) is 47.1 Å². The molecule has 1 aliphatic heterocycles. The summed E-state index contributed by atoms with van der Waals surface area (Å²) in [6.45, 7) is 5.11. The number of benzene rings is 1. The molecule has 7 heteroatoms. The largest absolute Gasteiger partial charge is 0.466 e. The van der Waals surface area contributed by atoms with Crippen LogP contribution in [0.4, 0.5) is 4.79 Å². The number of carbonyl (C=O) groups is 3. The Morgan fingerprint density at radius 2 is 1.91 bits per heavy atom. The van der Waals surface area contributed by atoms with E-state index in [0.717, 1.165) is 34.8 Å². The molecule has 1 aliphatic carbocycles. The van der Waals surface area contributed by atoms with E-state index in [4.69, 9.17) is 4.42 Å². The van der Waals surface area contributed by atoms with Gasteiger partial charge in [-0.1, -0.05) is 6.07 Å². The maximum Gasteiger partial charge on any atom is 0.325 e. The van der Waals surface area contributed by atoms with Crippen LogP contribution in [0.3, 0.4) is 0 Å². The van der Waals surface area contributed by atoms with Crippen LogP contribution in [-0.2, 0) is 23.2 Å². The minimum absolute atomic E-state index is 0.280. The van der Waals surface area contributed by atoms with Crippen molar-refractivity contribution in [2.45, 2.75) is 45.6 Å². The summed E-state index contributed by atoms with van der Waals surface area (Å²) in [4.78, 5) is 39.7. The van der Waals surface area contributed by atoms with Crippen LogP contribution in [0.25, 0.3) is 5.69 Å². The number of ketones is 1. The maximum atomic E-state index is 13.2. The first kappa shape index (κ1) is 20.3. The lowest BCUT2D eigenvalue weighted by Crippen LogP contribution is -2.41. The highest BCUT2D eigenvalue weighted by Gasteiger charge is 2.51. The van der Waals surface area contributed by atoms with Crippen molar-refractivity contribution in [2.24, 2.45) is 0 Å². The van der Waals surface area contributed by atoms with Gasteiger partial charge in [0, 0.05) is 22.6 Å². The second-order valence-corrected chi connectivity index (χ2v) is 8.77. The summed E-state index contributed by atoms with van der Waals surface area (Å²) in [5, 5.41) is 2.66. The molecule has 0 spiro atoms. The fourth-order valence-electron chi connectivity index (χ4n) is 4.94. The van der Waals surface area contributed by atoms with Gasteiger partial charge >= 0.3 is 6.03 Å². The molecule has 3 heterocycles. The zero-order valence-corrected chi connectivity index (χ0v) is 18.4. The maximum absolute atomic E-state index is 13.2. The molecule has 5 rings (SSSR count). The van der Waals surface area contributed by atoms with Gasteiger partial charge < -0.3 is 14.3 Å². The van der Waals surface area contributed by atoms with Gasteiger partial charge in [-0.2, -0.15) is 0 Å². The summed E-state index contributed by atoms with van der Waals surface area (Å²) in [6.07, 6.45) is 4.82. The molecule has 32 heavy (non-hydrogen) atoms. The third-order valence-corrected chi connectivity index (χ3v) is 6.66. The third-order valence-electron chi connectivity index (χ3n) is 6.66. The average Bonchev–Trinajstić information content (AvgIpc) is 3.53. The molecule has 7 nitrogen and oxygen atoms in total. The van der Waals surface area contributed by atoms with E-state index in [1.165, 1.54) is 23.8 Å². The number of furan rings is 1. The average molecular weight is 431 g/mol. The van der Waals surface area contributed by atoms with E-state index in [9.17, 15) is 14.4 Å². The van der Waals surface area contributed by atoms with Gasteiger partial charge in [0.25, 0.3) is 5.91 Å². The highest BCUT2D eigenvalue weighted by atomic mass is 16.3. The second kappa shape index (κ2) is 7.22. The van der Waals surface area contributed by atoms with Crippen LogP contribution in [0, 0.1) is 13.8 Å². The van der Waals surface area contributed by atoms with Crippen LogP contribution in [0.2, 0.25) is 0 Å². The van der Waals surface area contributed by atoms with Crippen molar-refractivity contribution in [3.63, 3.8) is 0 Å². The van der Waals surface area contributed by atoms with Crippen LogP contribution in [0.5, 0.6) is 0 Å². The second-order valence-electron chi connectivity index (χ2n) is 8.77. The van der Waals surface area contributed by atoms with E-state index in [1.54, 1.807) is 19.1 Å². The zero-order chi connectivity index (χ0) is 22.6. The number of urea groups is 1. The SMILES string of the molecule is Cc1cc(C(=O)CN2C(=O)NC(C)(c3ccco3)C2=O)c(C)n1-c1ccc2c(c1)CCC2. The van der Waals surface area contributed by atoms with E-state index < -0.39 is 17.5 Å². The first-order valence-corrected chi connectivity index (χ1v) is 10.8. The Hall–Kier alpha value is -3.61. The molecule has 3 amide bonds. The van der Waals surface area contributed by atoms with Crippen molar-refractivity contribution < 1.29 is 18.8 Å². The van der Waals surface area contributed by atoms with E-state index in [1.807, 2.05) is 19.9 Å². The predicted molar refractivity (Wildman–Crippen MR) is 118 cm³/mol. The summed E-state index contributed by atoms with van der Waals surface area (Å²) < 4.78 is 7.41. The van der Waals surface area contributed by atoms with Gasteiger partial charge in [0.05, 0.1) is 12.8 Å². The molecule has 1 aromatic carbocycles. The number of fused-ring (bicyclic) bond motifs is 1. The summed E-state index contributed by atoms with van der Waals surface area (Å²) >= 11 is 0. The first-order chi connectivity index (χ1) is 15.3. The van der Waals surface area contributed by atoms with Gasteiger partial charge in [0.2, 0.25) is 0 Å². The molecule has 164 valence electrons. The van der Waals surface area contributed by atoms with E-state index in [2.05, 4.69) is 28.1 Å². The van der Waals surface area contributed by atoms with Gasteiger partial charge in [-0.15, -0.1) is 0 Å². The Bertz CT molecular complexity index is 1250. The van der Waals surface area contributed by atoms with E-state index in [-0.39, 0.29) is 12.3 Å². The lowest BCUT2D eigenvalue weighted by molar-refractivity contribution is -0.131. The summed E-state index contributed by atoms with van der Waals surface area (Å²) in [7, 11) is 0. The third kappa shape index (κ3) is 2.99. The van der Waals surface area contributed by atoms with Gasteiger partial charge in [-0.3, -0.25) is 14.5 Å². The van der Waals surface area contributed by atoms with Crippen molar-refractivity contribution in [1.82, 2.24) is 14.8 Å². The fraction of sp³-hybridized carbons (Fsp3) is 0.320. The predicted octanol–water partition coefficient (Wildman–Crippen LogP) is 3.83. The van der Waals surface area contributed by atoms with Crippen molar-refractivity contribution in [1.29, 1.82) is 0 Å². The number of aryl methyl sites for hydroxylation is 3. The molecule has 3 aromatic rings. The molecule has 1 saturated heterocycles. The Balaban J connectivity index is 1.42. The summed E-state index contributed by atoms with van der Waals surface area (Å²) in [6, 6.07) is 11.0. The molecule has 1 fully saturated rings. The number of carbonyl (C=O) groups excluding carboxylic acids is 3. The van der Waals surface area contributed by atoms with Crippen LogP contribution in [0.1, 0.15) is 52.0 Å². The number of rotatable bonds is 5. The lowest BCUT2D eigenvalue weighted by atomic mass is 9.99. The molecule has 2 aromatic heterocycles. The van der Waals surface area contributed by atoms with Crippen LogP contribution >= 0.6 is 0 Å². The summed E-state index contributed by atoms with van der Waals surface area (Å²) in [5.74, 6) is -0.448. The number of nitrogens with one attached hydrogen (secondary N) is 1. The Kier molecular flexibility index (Phi) is 4.58. The first-order valence-electron chi connectivity index (χ1n) is 10.8. The van der Waals surface area contributed by atoms with Crippen molar-refractivity contribution in [3.05, 3.63) is 76.5 Å². The van der Waals surface area contributed by atoms with E-state index >= 15 is 0 Å². The molecular weight excluding hydrogens is 406 g/mol. The fourth-order valence-corrected chi connectivity index (χ4v) is 4.94. The molecule has 2 aliphatic rings. The number of amides is 3. The Labute approximate surface area is 186 Å². The highest BCUT2D eigenvalue weighted by molar-refractivity contribution is 6.11. The van der Waals surface area contributed by atoms with Gasteiger partial charge in [0.1, 0.15) is 5.76 Å². The highest BCUT2D eigenvalue weighted by Crippen LogP contribution is 2.30. The van der Waals surface area contributed by atoms with Gasteiger partial charge in [0.15, 0.2) is 11.3 Å². The van der Waals surface area contributed by atoms with Crippen molar-refractivity contribution >= 4 is 17.7 Å². The quantitative estimate of drug-likeness (QED) is 0.492. The Morgan fingerprint density at radius 3 is 2.66 bits per heavy atom. The number of imide groups is 1. The molecule has 1 N–H and O–H groups in total. The topological polar surface area (TPSA) is 84.6 Å². The monoisotopic (exact) mass is 431 g/mol. The molecule has 0 saturated carbocycles. The number of hydrogen-bond acceptors (Lipinski definition) is 4.